The quantitative estimate of drug-likeness (QED) is 0.313. The van der Waals surface area contributed by atoms with Crippen LogP contribution in [0.1, 0.15) is 37.4 Å². The van der Waals surface area contributed by atoms with Gasteiger partial charge < -0.3 is 15.4 Å². The minimum atomic E-state index is -3.83. The normalized spacial score (nSPS) is 22.1. The Morgan fingerprint density at radius 1 is 1.41 bits per heavy atom. The Hall–Kier alpha value is -2.83. The highest BCUT2D eigenvalue weighted by Gasteiger charge is 2.44. The van der Waals surface area contributed by atoms with Crippen molar-refractivity contribution in [3.63, 3.8) is 0 Å². The number of aromatic nitrogens is 1. The van der Waals surface area contributed by atoms with Crippen LogP contribution < -0.4 is 11.2 Å². The summed E-state index contributed by atoms with van der Waals surface area (Å²) in [4.78, 5) is 26.0. The van der Waals surface area contributed by atoms with Crippen LogP contribution in [0.4, 0.5) is 4.79 Å². The molecule has 172 valence electrons. The van der Waals surface area contributed by atoms with Crippen molar-refractivity contribution in [2.24, 2.45) is 5.73 Å². The number of rotatable bonds is 5. The number of amides is 2. The lowest BCUT2D eigenvalue weighted by Crippen LogP contribution is -2.50. The van der Waals surface area contributed by atoms with Gasteiger partial charge in [0, 0.05) is 36.3 Å². The van der Waals surface area contributed by atoms with Crippen LogP contribution in [0.3, 0.4) is 0 Å². The van der Waals surface area contributed by atoms with Gasteiger partial charge in [0.15, 0.2) is 14.6 Å². The second-order valence-electron chi connectivity index (χ2n) is 8.17. The molecule has 0 spiro atoms. The number of carbonyl (C=O) groups is 2. The summed E-state index contributed by atoms with van der Waals surface area (Å²) in [5.41, 5.74) is 8.51. The molecule has 1 aromatic rings. The van der Waals surface area contributed by atoms with Gasteiger partial charge in [0.1, 0.15) is 6.10 Å². The Kier molecular flexibility index (Phi) is 6.96. The Labute approximate surface area is 187 Å². The highest BCUT2D eigenvalue weighted by molar-refractivity contribution is 7.92. The van der Waals surface area contributed by atoms with Crippen molar-refractivity contribution in [1.82, 2.24) is 14.9 Å². The summed E-state index contributed by atoms with van der Waals surface area (Å²) in [6.07, 6.45) is 3.83. The second kappa shape index (κ2) is 9.35. The maximum Gasteiger partial charge on any atom is 0.328 e. The summed E-state index contributed by atoms with van der Waals surface area (Å²) in [7, 11) is -3.83. The van der Waals surface area contributed by atoms with Gasteiger partial charge in [0.2, 0.25) is 0 Å². The van der Waals surface area contributed by atoms with Gasteiger partial charge in [-0.2, -0.15) is 0 Å². The minimum absolute atomic E-state index is 0.0229. The standard InChI is InChI=1S/C21H26N4O6S/c1-21(19(26)23-28,32(2,29)30)9-10-24-13-17-11-15(12-25(17)20(24)27)5-3-4-6-18-8-7-16(22)14-31-18/h11-12,16,18,28H,7-10,13-14,22H2,1-2H3,(H,23,26)/t16-,18-,21?/m1/s1. The van der Waals surface area contributed by atoms with Crippen molar-refractivity contribution in [3.8, 4) is 23.7 Å². The van der Waals surface area contributed by atoms with E-state index in [0.717, 1.165) is 19.1 Å². The Morgan fingerprint density at radius 3 is 2.75 bits per heavy atom. The number of nitrogens with zero attached hydrogens (tertiary/aromatic N) is 2. The molecular formula is C21H26N4O6S. The molecule has 0 aliphatic carbocycles. The molecule has 2 amide bonds. The zero-order valence-corrected chi connectivity index (χ0v) is 18.7. The van der Waals surface area contributed by atoms with E-state index in [2.05, 4.69) is 23.7 Å². The molecule has 1 unspecified atom stereocenters. The third kappa shape index (κ3) is 4.97. The summed E-state index contributed by atoms with van der Waals surface area (Å²) >= 11 is 0. The van der Waals surface area contributed by atoms with Crippen LogP contribution in [-0.4, -0.2) is 71.3 Å². The van der Waals surface area contributed by atoms with Gasteiger partial charge in [-0.05, 0) is 44.1 Å². The van der Waals surface area contributed by atoms with Crippen LogP contribution >= 0.6 is 0 Å². The molecule has 3 heterocycles. The summed E-state index contributed by atoms with van der Waals surface area (Å²) in [5, 5.41) is 8.91. The second-order valence-corrected chi connectivity index (χ2v) is 10.6. The average molecular weight is 463 g/mol. The molecule has 32 heavy (non-hydrogen) atoms. The molecule has 11 heteroatoms. The molecule has 0 radical (unpaired) electrons. The van der Waals surface area contributed by atoms with E-state index in [0.29, 0.717) is 17.9 Å². The first-order valence-corrected chi connectivity index (χ1v) is 12.0. The lowest BCUT2D eigenvalue weighted by Gasteiger charge is -2.27. The molecule has 1 fully saturated rings. The van der Waals surface area contributed by atoms with Crippen molar-refractivity contribution in [2.75, 3.05) is 19.4 Å². The fraction of sp³-hybridized carbons (Fsp3) is 0.524. The van der Waals surface area contributed by atoms with Crippen LogP contribution in [0.5, 0.6) is 0 Å². The zero-order valence-electron chi connectivity index (χ0n) is 17.9. The first kappa shape index (κ1) is 23.8. The summed E-state index contributed by atoms with van der Waals surface area (Å²) in [5.74, 6) is 10.4. The number of carbonyl (C=O) groups excluding carboxylic acids is 2. The SMILES string of the molecule is CC(CCN1Cc2cc(C#CC#C[C@@H]3CC[C@@H](N)CO3)cn2C1=O)(C(=O)NO)S(C)(=O)=O. The first-order valence-electron chi connectivity index (χ1n) is 10.1. The molecule has 0 aromatic carbocycles. The predicted octanol–water partition coefficient (Wildman–Crippen LogP) is -0.168. The van der Waals surface area contributed by atoms with E-state index >= 15 is 0 Å². The molecule has 1 saturated heterocycles. The molecule has 0 saturated carbocycles. The number of sulfone groups is 1. The van der Waals surface area contributed by atoms with Crippen molar-refractivity contribution in [1.29, 1.82) is 0 Å². The molecule has 2 aliphatic heterocycles. The molecule has 2 aliphatic rings. The predicted molar refractivity (Wildman–Crippen MR) is 115 cm³/mol. The summed E-state index contributed by atoms with van der Waals surface area (Å²) in [6, 6.07) is 1.48. The highest BCUT2D eigenvalue weighted by Crippen LogP contribution is 2.25. The van der Waals surface area contributed by atoms with Gasteiger partial charge in [0.05, 0.1) is 13.2 Å². The first-order chi connectivity index (χ1) is 15.0. The van der Waals surface area contributed by atoms with Crippen LogP contribution in [0.15, 0.2) is 12.3 Å². The van der Waals surface area contributed by atoms with E-state index in [-0.39, 0.29) is 37.7 Å². The third-order valence-corrected chi connectivity index (χ3v) is 7.83. The van der Waals surface area contributed by atoms with Crippen molar-refractivity contribution in [2.45, 2.75) is 49.6 Å². The molecule has 10 nitrogen and oxygen atoms in total. The van der Waals surface area contributed by atoms with E-state index in [9.17, 15) is 18.0 Å². The van der Waals surface area contributed by atoms with Crippen molar-refractivity contribution < 1.29 is 28.0 Å². The monoisotopic (exact) mass is 462 g/mol. The van der Waals surface area contributed by atoms with Gasteiger partial charge in [-0.15, -0.1) is 0 Å². The van der Waals surface area contributed by atoms with Gasteiger partial charge in [-0.25, -0.2) is 18.7 Å². The van der Waals surface area contributed by atoms with E-state index in [1.54, 1.807) is 12.3 Å². The minimum Gasteiger partial charge on any atom is -0.364 e. The summed E-state index contributed by atoms with van der Waals surface area (Å²) in [6.45, 7) is 1.99. The number of nitrogens with two attached hydrogens (primary N) is 1. The third-order valence-electron chi connectivity index (χ3n) is 5.80. The van der Waals surface area contributed by atoms with Crippen LogP contribution in [0.2, 0.25) is 0 Å². The molecule has 3 rings (SSSR count). The zero-order chi connectivity index (χ0) is 23.5. The van der Waals surface area contributed by atoms with E-state index in [4.69, 9.17) is 15.7 Å². The smallest absolute Gasteiger partial charge is 0.328 e. The number of hydrogen-bond acceptors (Lipinski definition) is 7. The van der Waals surface area contributed by atoms with Crippen LogP contribution in [-0.2, 0) is 25.9 Å². The molecular weight excluding hydrogens is 436 g/mol. The van der Waals surface area contributed by atoms with Crippen LogP contribution in [0.25, 0.3) is 0 Å². The van der Waals surface area contributed by atoms with Gasteiger partial charge in [0.25, 0.3) is 5.91 Å². The maximum absolute atomic E-state index is 12.7. The molecule has 4 N–H and O–H groups in total. The van der Waals surface area contributed by atoms with Gasteiger partial charge >= 0.3 is 6.03 Å². The van der Waals surface area contributed by atoms with Crippen LogP contribution in [0, 0.1) is 23.7 Å². The largest absolute Gasteiger partial charge is 0.364 e. The number of nitrogens with one attached hydrogen (secondary N) is 1. The Morgan fingerprint density at radius 2 is 2.16 bits per heavy atom. The van der Waals surface area contributed by atoms with E-state index in [1.165, 1.54) is 21.9 Å². The molecule has 3 atom stereocenters. The summed E-state index contributed by atoms with van der Waals surface area (Å²) < 4.78 is 29.2. The lowest BCUT2D eigenvalue weighted by atomic mass is 10.1. The highest BCUT2D eigenvalue weighted by atomic mass is 32.2. The van der Waals surface area contributed by atoms with Gasteiger partial charge in [-0.1, -0.05) is 11.8 Å². The molecule has 0 bridgehead atoms. The fourth-order valence-electron chi connectivity index (χ4n) is 3.51. The van der Waals surface area contributed by atoms with E-state index < -0.39 is 20.5 Å². The number of fused-ring (bicyclic) bond motifs is 1. The Balaban J connectivity index is 1.62. The number of ether oxygens (including phenoxy) is 1. The van der Waals surface area contributed by atoms with E-state index in [1.807, 2.05) is 0 Å². The number of hydrogen-bond donors (Lipinski definition) is 3. The fourth-order valence-corrected chi connectivity index (χ4v) is 4.35. The van der Waals surface area contributed by atoms with Crippen molar-refractivity contribution >= 4 is 21.8 Å². The molecule has 1 aromatic heterocycles. The van der Waals surface area contributed by atoms with Crippen molar-refractivity contribution in [3.05, 3.63) is 23.5 Å². The topological polar surface area (TPSA) is 144 Å². The maximum atomic E-state index is 12.7. The average Bonchev–Trinajstić information content (AvgIpc) is 3.27. The Bertz CT molecular complexity index is 1130. The van der Waals surface area contributed by atoms with Gasteiger partial charge in [-0.3, -0.25) is 14.6 Å². The number of hydroxylamine groups is 1. The lowest BCUT2D eigenvalue weighted by molar-refractivity contribution is -0.131.